The fourth-order valence-corrected chi connectivity index (χ4v) is 0.976. The number of amides is 1. The quantitative estimate of drug-likeness (QED) is 0.439. The number of Topliss-reactive ketones (excluding diaryl/α,β-unsaturated/α-hetero) is 1. The van der Waals surface area contributed by atoms with E-state index in [1.807, 2.05) is 0 Å². The summed E-state index contributed by atoms with van der Waals surface area (Å²) in [5, 5.41) is 11.6. The van der Waals surface area contributed by atoms with Crippen LogP contribution in [0.25, 0.3) is 0 Å². The van der Waals surface area contributed by atoms with E-state index in [4.69, 9.17) is 0 Å². The van der Waals surface area contributed by atoms with Gasteiger partial charge in [0.1, 0.15) is 5.75 Å². The summed E-state index contributed by atoms with van der Waals surface area (Å²) in [7, 11) is 0. The number of phenolic OH excluding ortho intramolecular Hbond substituents is 1. The molecule has 0 fully saturated rings. The molecule has 1 aromatic carbocycles. The maximum atomic E-state index is 10.9. The van der Waals surface area contributed by atoms with Crippen molar-refractivity contribution in [2.75, 3.05) is 5.32 Å². The van der Waals surface area contributed by atoms with Crippen molar-refractivity contribution in [3.8, 4) is 5.75 Å². The summed E-state index contributed by atoms with van der Waals surface area (Å²) >= 11 is 0. The number of nitrogens with one attached hydrogen (secondary N) is 1. The number of carbonyl (C=O) groups is 2. The van der Waals surface area contributed by atoms with Gasteiger partial charge in [0.2, 0.25) is 6.41 Å². The third-order valence-corrected chi connectivity index (χ3v) is 1.60. The number of aromatic hydroxyl groups is 1. The van der Waals surface area contributed by atoms with Gasteiger partial charge < -0.3 is 10.4 Å². The van der Waals surface area contributed by atoms with Crippen molar-refractivity contribution in [1.29, 1.82) is 0 Å². The second-order valence-corrected chi connectivity index (χ2v) is 2.55. The summed E-state index contributed by atoms with van der Waals surface area (Å²) < 4.78 is 0. The molecule has 4 heteroatoms. The van der Waals surface area contributed by atoms with E-state index in [9.17, 15) is 14.7 Å². The zero-order valence-corrected chi connectivity index (χ0v) is 7.07. The van der Waals surface area contributed by atoms with Gasteiger partial charge >= 0.3 is 0 Å². The molecule has 0 aliphatic heterocycles. The van der Waals surface area contributed by atoms with Crippen molar-refractivity contribution < 1.29 is 14.7 Å². The van der Waals surface area contributed by atoms with Crippen molar-refractivity contribution >= 4 is 17.9 Å². The summed E-state index contributed by atoms with van der Waals surface area (Å²) in [5.41, 5.74) is 0.685. The van der Waals surface area contributed by atoms with Crippen molar-refractivity contribution in [1.82, 2.24) is 0 Å². The van der Waals surface area contributed by atoms with Gasteiger partial charge in [-0.05, 0) is 25.1 Å². The zero-order chi connectivity index (χ0) is 9.84. The lowest BCUT2D eigenvalue weighted by molar-refractivity contribution is -0.105. The Morgan fingerprint density at radius 3 is 2.64 bits per heavy atom. The Morgan fingerprint density at radius 1 is 1.50 bits per heavy atom. The molecule has 1 aromatic rings. The molecule has 0 aromatic heterocycles. The Bertz CT molecular complexity index is 347. The van der Waals surface area contributed by atoms with Crippen LogP contribution in [-0.2, 0) is 4.79 Å². The van der Waals surface area contributed by atoms with Crippen LogP contribution in [0.15, 0.2) is 18.2 Å². The van der Waals surface area contributed by atoms with Gasteiger partial charge in [0.25, 0.3) is 0 Å². The fourth-order valence-electron chi connectivity index (χ4n) is 0.976. The Morgan fingerprint density at radius 2 is 2.14 bits per heavy atom. The molecule has 0 saturated carbocycles. The van der Waals surface area contributed by atoms with E-state index >= 15 is 0 Å². The summed E-state index contributed by atoms with van der Waals surface area (Å²) in [4.78, 5) is 21.0. The molecule has 0 aliphatic rings. The molecule has 1 rings (SSSR count). The number of anilines is 1. The Hall–Kier alpha value is -1.84. The van der Waals surface area contributed by atoms with Crippen molar-refractivity contribution in [3.63, 3.8) is 0 Å². The zero-order valence-electron chi connectivity index (χ0n) is 7.07. The summed E-state index contributed by atoms with van der Waals surface area (Å²) in [5.74, 6) is -0.323. The molecule has 1 amide bonds. The van der Waals surface area contributed by atoms with E-state index in [0.29, 0.717) is 12.1 Å². The minimum atomic E-state index is -0.243. The predicted octanol–water partition coefficient (Wildman–Crippen LogP) is 1.80. The molecule has 0 unspecified atom stereocenters. The van der Waals surface area contributed by atoms with Gasteiger partial charge in [0.05, 0.1) is 5.56 Å². The molecule has 0 saturated heterocycles. The van der Waals surface area contributed by atoms with Crippen LogP contribution in [-0.4, -0.2) is 17.3 Å². The van der Waals surface area contributed by atoms with E-state index in [1.165, 1.54) is 25.1 Å². The molecule has 14 heavy (non-hydrogen) atoms. The van der Waals surface area contributed by atoms with Crippen LogP contribution in [0, 0.1) is 0 Å². The minimum absolute atomic E-state index is 0. The van der Waals surface area contributed by atoms with Gasteiger partial charge in [-0.2, -0.15) is 0 Å². The van der Waals surface area contributed by atoms with E-state index in [-0.39, 0.29) is 24.5 Å². The highest BCUT2D eigenvalue weighted by Crippen LogP contribution is 2.21. The second-order valence-electron chi connectivity index (χ2n) is 2.55. The SMILES string of the molecule is C.CC(=O)c1cc(NC=O)ccc1O. The third kappa shape index (κ3) is 2.58. The van der Waals surface area contributed by atoms with Gasteiger partial charge in [-0.1, -0.05) is 7.43 Å². The largest absolute Gasteiger partial charge is 0.507 e. The van der Waals surface area contributed by atoms with Crippen molar-refractivity contribution in [3.05, 3.63) is 23.8 Å². The molecule has 0 aliphatic carbocycles. The van der Waals surface area contributed by atoms with E-state index < -0.39 is 0 Å². The van der Waals surface area contributed by atoms with Gasteiger partial charge in [0.15, 0.2) is 5.78 Å². The predicted molar refractivity (Wildman–Crippen MR) is 54.5 cm³/mol. The Kier molecular flexibility index (Phi) is 4.35. The summed E-state index contributed by atoms with van der Waals surface area (Å²) in [6.45, 7) is 1.35. The third-order valence-electron chi connectivity index (χ3n) is 1.60. The van der Waals surface area contributed by atoms with E-state index in [1.54, 1.807) is 0 Å². The minimum Gasteiger partial charge on any atom is -0.507 e. The maximum absolute atomic E-state index is 10.9. The average molecular weight is 195 g/mol. The number of rotatable bonds is 3. The lowest BCUT2D eigenvalue weighted by atomic mass is 10.1. The molecule has 76 valence electrons. The highest BCUT2D eigenvalue weighted by molar-refractivity contribution is 5.98. The lowest BCUT2D eigenvalue weighted by Crippen LogP contribution is -1.97. The smallest absolute Gasteiger partial charge is 0.211 e. The molecular formula is C10H13NO3. The van der Waals surface area contributed by atoms with Gasteiger partial charge in [-0.3, -0.25) is 9.59 Å². The molecule has 0 atom stereocenters. The number of phenols is 1. The normalized spacial score (nSPS) is 8.64. The first-order valence-electron chi connectivity index (χ1n) is 3.69. The van der Waals surface area contributed by atoms with Gasteiger partial charge in [-0.25, -0.2) is 0 Å². The molecule has 2 N–H and O–H groups in total. The van der Waals surface area contributed by atoms with Crippen LogP contribution in [0.5, 0.6) is 5.75 Å². The van der Waals surface area contributed by atoms with Crippen LogP contribution in [0.2, 0.25) is 0 Å². The summed E-state index contributed by atoms with van der Waals surface area (Å²) in [6, 6.07) is 4.30. The van der Waals surface area contributed by atoms with Crippen molar-refractivity contribution in [2.24, 2.45) is 0 Å². The Balaban J connectivity index is 0.00000169. The Labute approximate surface area is 82.6 Å². The molecule has 4 nitrogen and oxygen atoms in total. The highest BCUT2D eigenvalue weighted by Gasteiger charge is 2.06. The molecular weight excluding hydrogens is 182 g/mol. The van der Waals surface area contributed by atoms with Gasteiger partial charge in [-0.15, -0.1) is 0 Å². The van der Waals surface area contributed by atoms with Crippen LogP contribution in [0.4, 0.5) is 5.69 Å². The summed E-state index contributed by atoms with van der Waals surface area (Å²) in [6.07, 6.45) is 0.510. The highest BCUT2D eigenvalue weighted by atomic mass is 16.3. The van der Waals surface area contributed by atoms with Crippen LogP contribution in [0.1, 0.15) is 24.7 Å². The van der Waals surface area contributed by atoms with Crippen LogP contribution < -0.4 is 5.32 Å². The fraction of sp³-hybridized carbons (Fsp3) is 0.200. The monoisotopic (exact) mass is 195 g/mol. The van der Waals surface area contributed by atoms with Crippen LogP contribution >= 0.6 is 0 Å². The van der Waals surface area contributed by atoms with Gasteiger partial charge in [0, 0.05) is 5.69 Å². The number of hydrogen-bond donors (Lipinski definition) is 2. The first-order valence-corrected chi connectivity index (χ1v) is 3.69. The van der Waals surface area contributed by atoms with E-state index in [2.05, 4.69) is 5.32 Å². The molecule has 0 spiro atoms. The number of hydrogen-bond acceptors (Lipinski definition) is 3. The molecule has 0 heterocycles. The lowest BCUT2D eigenvalue weighted by Gasteiger charge is -2.03. The topological polar surface area (TPSA) is 66.4 Å². The van der Waals surface area contributed by atoms with Crippen LogP contribution in [0.3, 0.4) is 0 Å². The first-order chi connectivity index (χ1) is 6.15. The first kappa shape index (κ1) is 12.2. The molecule has 0 bridgehead atoms. The molecule has 0 radical (unpaired) electrons. The standard InChI is InChI=1S/C9H9NO3.CH4/c1-6(12)8-4-7(10-5-11)2-3-9(8)13;/h2-5,13H,1H3,(H,10,11);1H4. The average Bonchev–Trinajstić information content (AvgIpc) is 2.08. The number of carbonyl (C=O) groups excluding carboxylic acids is 2. The number of ketones is 1. The second kappa shape index (κ2) is 5.01. The maximum Gasteiger partial charge on any atom is 0.211 e. The number of benzene rings is 1. The van der Waals surface area contributed by atoms with E-state index in [0.717, 1.165) is 0 Å². The van der Waals surface area contributed by atoms with Crippen molar-refractivity contribution in [2.45, 2.75) is 14.4 Å².